The van der Waals surface area contributed by atoms with Crippen LogP contribution in [-0.4, -0.2) is 25.4 Å². The third kappa shape index (κ3) is 5.01. The van der Waals surface area contributed by atoms with E-state index in [0.29, 0.717) is 17.9 Å². The summed E-state index contributed by atoms with van der Waals surface area (Å²) in [5.74, 6) is 0.222. The van der Waals surface area contributed by atoms with Crippen LogP contribution in [0.5, 0.6) is 0 Å². The number of thioether (sulfide) groups is 1. The Balaban J connectivity index is 2.16. The van der Waals surface area contributed by atoms with Crippen molar-refractivity contribution in [2.24, 2.45) is 0 Å². The van der Waals surface area contributed by atoms with Gasteiger partial charge in [0.15, 0.2) is 0 Å². The predicted octanol–water partition coefficient (Wildman–Crippen LogP) is 4.70. The molecule has 0 bridgehead atoms. The monoisotopic (exact) mass is 355 g/mol. The zero-order chi connectivity index (χ0) is 17.6. The molecule has 0 heterocycles. The van der Waals surface area contributed by atoms with Crippen molar-refractivity contribution in [3.63, 3.8) is 0 Å². The lowest BCUT2D eigenvalue weighted by Gasteiger charge is -2.12. The highest BCUT2D eigenvalue weighted by atomic mass is 32.2. The summed E-state index contributed by atoms with van der Waals surface area (Å²) in [6, 6.07) is 11.5. The van der Waals surface area contributed by atoms with Gasteiger partial charge in [0.25, 0.3) is 5.91 Å². The molecule has 0 aromatic heterocycles. The number of methoxy groups -OCH3 is 1. The second-order valence-electron chi connectivity index (χ2n) is 4.87. The fourth-order valence-electron chi connectivity index (χ4n) is 1.99. The molecule has 0 aliphatic carbocycles. The lowest BCUT2D eigenvalue weighted by Crippen LogP contribution is -2.14. The zero-order valence-electron chi connectivity index (χ0n) is 12.9. The molecule has 0 saturated heterocycles. The summed E-state index contributed by atoms with van der Waals surface area (Å²) in [4.78, 5) is 13.1. The van der Waals surface area contributed by atoms with Crippen LogP contribution in [0.3, 0.4) is 0 Å². The fraction of sp³-hybridized carbons (Fsp3) is 0.235. The van der Waals surface area contributed by atoms with Gasteiger partial charge in [-0.3, -0.25) is 4.79 Å². The van der Waals surface area contributed by atoms with Crippen molar-refractivity contribution in [3.05, 3.63) is 59.7 Å². The molecule has 2 aromatic carbocycles. The number of anilines is 1. The molecule has 128 valence electrons. The highest BCUT2D eigenvalue weighted by Crippen LogP contribution is 2.31. The molecular formula is C17H16F3NO2S. The number of ether oxygens (including phenoxy) is 1. The molecule has 0 saturated carbocycles. The number of rotatable bonds is 6. The first-order chi connectivity index (χ1) is 11.4. The van der Waals surface area contributed by atoms with Gasteiger partial charge in [-0.15, -0.1) is 11.8 Å². The van der Waals surface area contributed by atoms with E-state index in [1.807, 2.05) is 0 Å². The van der Waals surface area contributed by atoms with Gasteiger partial charge in [-0.1, -0.05) is 18.2 Å². The van der Waals surface area contributed by atoms with Gasteiger partial charge in [0, 0.05) is 23.4 Å². The summed E-state index contributed by atoms with van der Waals surface area (Å²) in [5, 5.41) is 2.52. The Morgan fingerprint density at radius 2 is 1.92 bits per heavy atom. The fourth-order valence-corrected chi connectivity index (χ4v) is 2.95. The minimum Gasteiger partial charge on any atom is -0.384 e. The highest BCUT2D eigenvalue weighted by Gasteiger charge is 2.30. The minimum absolute atomic E-state index is 0.103. The van der Waals surface area contributed by atoms with Crippen molar-refractivity contribution >= 4 is 23.4 Å². The van der Waals surface area contributed by atoms with Gasteiger partial charge in [-0.25, -0.2) is 0 Å². The van der Waals surface area contributed by atoms with Crippen LogP contribution in [0.25, 0.3) is 0 Å². The number of carbonyl (C=O) groups excluding carboxylic acids is 1. The first kappa shape index (κ1) is 18.4. The Morgan fingerprint density at radius 1 is 1.17 bits per heavy atom. The molecule has 24 heavy (non-hydrogen) atoms. The molecule has 0 aliphatic rings. The normalized spacial score (nSPS) is 11.3. The van der Waals surface area contributed by atoms with Crippen molar-refractivity contribution in [3.8, 4) is 0 Å². The van der Waals surface area contributed by atoms with Gasteiger partial charge in [-0.2, -0.15) is 13.2 Å². The van der Waals surface area contributed by atoms with Crippen LogP contribution >= 0.6 is 11.8 Å². The minimum atomic E-state index is -4.45. The van der Waals surface area contributed by atoms with Crippen LogP contribution in [0, 0.1) is 0 Å². The Hall–Kier alpha value is -1.99. The largest absolute Gasteiger partial charge is 0.416 e. The van der Waals surface area contributed by atoms with Crippen LogP contribution < -0.4 is 5.32 Å². The Kier molecular flexibility index (Phi) is 6.28. The molecule has 7 heteroatoms. The molecule has 2 aromatic rings. The van der Waals surface area contributed by atoms with E-state index in [2.05, 4.69) is 5.32 Å². The number of benzene rings is 2. The number of halogens is 3. The van der Waals surface area contributed by atoms with Gasteiger partial charge in [0.2, 0.25) is 0 Å². The summed E-state index contributed by atoms with van der Waals surface area (Å²) < 4.78 is 43.2. The third-order valence-corrected chi connectivity index (χ3v) is 4.16. The molecule has 0 spiro atoms. The van der Waals surface area contributed by atoms with Gasteiger partial charge >= 0.3 is 6.18 Å². The van der Waals surface area contributed by atoms with Gasteiger partial charge in [0.1, 0.15) is 0 Å². The van der Waals surface area contributed by atoms with E-state index in [1.165, 1.54) is 23.9 Å². The smallest absolute Gasteiger partial charge is 0.384 e. The second kappa shape index (κ2) is 8.21. The van der Waals surface area contributed by atoms with E-state index in [9.17, 15) is 18.0 Å². The van der Waals surface area contributed by atoms with Gasteiger partial charge < -0.3 is 10.1 Å². The average Bonchev–Trinajstić information content (AvgIpc) is 2.55. The first-order valence-corrected chi connectivity index (χ1v) is 8.10. The zero-order valence-corrected chi connectivity index (χ0v) is 13.7. The third-order valence-electron chi connectivity index (χ3n) is 3.12. The molecule has 0 fully saturated rings. The Bertz CT molecular complexity index is 704. The van der Waals surface area contributed by atoms with Crippen molar-refractivity contribution in [2.45, 2.75) is 11.1 Å². The number of hydrogen-bond acceptors (Lipinski definition) is 3. The van der Waals surface area contributed by atoms with E-state index < -0.39 is 17.6 Å². The number of hydrogen-bond donors (Lipinski definition) is 1. The molecule has 1 amide bonds. The maximum Gasteiger partial charge on any atom is 0.416 e. The average molecular weight is 355 g/mol. The van der Waals surface area contributed by atoms with Crippen LogP contribution in [0.15, 0.2) is 53.4 Å². The lowest BCUT2D eigenvalue weighted by molar-refractivity contribution is -0.137. The van der Waals surface area contributed by atoms with E-state index in [-0.39, 0.29) is 5.69 Å². The summed E-state index contributed by atoms with van der Waals surface area (Å²) in [7, 11) is 1.59. The standard InChI is InChI=1S/C17H16F3NO2S/c1-23-9-10-24-15-8-3-2-7-14(15)16(22)21-13-6-4-5-12(11-13)17(18,19)20/h2-8,11H,9-10H2,1H3,(H,21,22). The number of nitrogens with one attached hydrogen (secondary N) is 1. The maximum atomic E-state index is 12.7. The Morgan fingerprint density at radius 3 is 2.62 bits per heavy atom. The number of amides is 1. The number of carbonyl (C=O) groups is 1. The topological polar surface area (TPSA) is 38.3 Å². The summed E-state index contributed by atoms with van der Waals surface area (Å²) >= 11 is 1.45. The Labute approximate surface area is 142 Å². The van der Waals surface area contributed by atoms with Crippen LogP contribution in [-0.2, 0) is 10.9 Å². The molecule has 3 nitrogen and oxygen atoms in total. The van der Waals surface area contributed by atoms with Crippen molar-refractivity contribution in [1.29, 1.82) is 0 Å². The number of alkyl halides is 3. The van der Waals surface area contributed by atoms with Crippen LogP contribution in [0.2, 0.25) is 0 Å². The first-order valence-electron chi connectivity index (χ1n) is 7.11. The van der Waals surface area contributed by atoms with Crippen LogP contribution in [0.1, 0.15) is 15.9 Å². The highest BCUT2D eigenvalue weighted by molar-refractivity contribution is 7.99. The molecule has 1 N–H and O–H groups in total. The molecule has 0 atom stereocenters. The SMILES string of the molecule is COCCSc1ccccc1C(=O)Nc1cccc(C(F)(F)F)c1. The van der Waals surface area contributed by atoms with E-state index in [4.69, 9.17) is 4.74 Å². The van der Waals surface area contributed by atoms with Gasteiger partial charge in [-0.05, 0) is 30.3 Å². The van der Waals surface area contributed by atoms with Crippen molar-refractivity contribution < 1.29 is 22.7 Å². The van der Waals surface area contributed by atoms with Gasteiger partial charge in [0.05, 0.1) is 17.7 Å². The second-order valence-corrected chi connectivity index (χ2v) is 6.01. The van der Waals surface area contributed by atoms with Crippen molar-refractivity contribution in [2.75, 3.05) is 24.8 Å². The molecule has 0 aliphatic heterocycles. The quantitative estimate of drug-likeness (QED) is 0.603. The molecule has 0 radical (unpaired) electrons. The summed E-state index contributed by atoms with van der Waals surface area (Å²) in [6.45, 7) is 0.536. The van der Waals surface area contributed by atoms with E-state index >= 15 is 0 Å². The molecule has 2 rings (SSSR count). The van der Waals surface area contributed by atoms with Crippen molar-refractivity contribution in [1.82, 2.24) is 0 Å². The summed E-state index contributed by atoms with van der Waals surface area (Å²) in [6.07, 6.45) is -4.45. The van der Waals surface area contributed by atoms with E-state index in [1.54, 1.807) is 31.4 Å². The maximum absolute atomic E-state index is 12.7. The summed E-state index contributed by atoms with van der Waals surface area (Å²) in [5.41, 5.74) is -0.286. The van der Waals surface area contributed by atoms with E-state index in [0.717, 1.165) is 17.0 Å². The molecular weight excluding hydrogens is 339 g/mol. The predicted molar refractivity (Wildman–Crippen MR) is 88.4 cm³/mol. The van der Waals surface area contributed by atoms with Crippen LogP contribution in [0.4, 0.5) is 18.9 Å². The molecule has 0 unspecified atom stereocenters. The lowest BCUT2D eigenvalue weighted by atomic mass is 10.1.